The summed E-state index contributed by atoms with van der Waals surface area (Å²) in [6.07, 6.45) is 1.94. The quantitative estimate of drug-likeness (QED) is 0.806. The molecule has 2 aromatic carbocycles. The van der Waals surface area contributed by atoms with Gasteiger partial charge in [-0.2, -0.15) is 0 Å². The smallest absolute Gasteiger partial charge is 0.228 e. The molecule has 26 heavy (non-hydrogen) atoms. The predicted octanol–water partition coefficient (Wildman–Crippen LogP) is 4.59. The second-order valence-electron chi connectivity index (χ2n) is 6.61. The number of rotatable bonds is 6. The molecule has 0 spiro atoms. The lowest BCUT2D eigenvalue weighted by molar-refractivity contribution is -0.121. The highest BCUT2D eigenvalue weighted by molar-refractivity contribution is 6.31. The Morgan fingerprint density at radius 1 is 1.23 bits per heavy atom. The first-order chi connectivity index (χ1) is 12.7. The third-order valence-corrected chi connectivity index (χ3v) is 5.03. The van der Waals surface area contributed by atoms with Gasteiger partial charge < -0.3 is 10.1 Å². The average molecular weight is 373 g/mol. The summed E-state index contributed by atoms with van der Waals surface area (Å²) < 4.78 is 5.43. The minimum absolute atomic E-state index is 0.00203. The number of likely N-dealkylation sites (tertiary alicyclic amines) is 1. The molecule has 1 heterocycles. The van der Waals surface area contributed by atoms with E-state index in [0.29, 0.717) is 6.61 Å². The fraction of sp³-hybridized carbons (Fsp3) is 0.381. The van der Waals surface area contributed by atoms with Crippen molar-refractivity contribution in [1.29, 1.82) is 0 Å². The maximum Gasteiger partial charge on any atom is 0.228 e. The van der Waals surface area contributed by atoms with Gasteiger partial charge in [-0.3, -0.25) is 9.69 Å². The van der Waals surface area contributed by atoms with Crippen molar-refractivity contribution >= 4 is 23.2 Å². The molecule has 5 heteroatoms. The summed E-state index contributed by atoms with van der Waals surface area (Å²) in [6.45, 7) is 5.13. The monoisotopic (exact) mass is 372 g/mol. The van der Waals surface area contributed by atoms with Gasteiger partial charge in [-0.1, -0.05) is 29.8 Å². The van der Waals surface area contributed by atoms with Crippen molar-refractivity contribution in [3.05, 3.63) is 59.1 Å². The number of carbonyl (C=O) groups excluding carboxylic acids is 1. The van der Waals surface area contributed by atoms with E-state index < -0.39 is 0 Å². The molecule has 0 bridgehead atoms. The van der Waals surface area contributed by atoms with Gasteiger partial charge >= 0.3 is 0 Å². The molecule has 2 aromatic rings. The van der Waals surface area contributed by atoms with Crippen LogP contribution in [-0.4, -0.2) is 30.5 Å². The predicted molar refractivity (Wildman–Crippen MR) is 106 cm³/mol. The molecule has 4 nitrogen and oxygen atoms in total. The molecule has 3 rings (SSSR count). The van der Waals surface area contributed by atoms with Gasteiger partial charge in [-0.05, 0) is 62.2 Å². The van der Waals surface area contributed by atoms with Gasteiger partial charge in [0, 0.05) is 23.8 Å². The second kappa shape index (κ2) is 9.06. The molecule has 1 saturated heterocycles. The van der Waals surface area contributed by atoms with Crippen LogP contribution in [0.3, 0.4) is 0 Å². The van der Waals surface area contributed by atoms with Gasteiger partial charge in [0.1, 0.15) is 5.75 Å². The van der Waals surface area contributed by atoms with E-state index in [4.69, 9.17) is 16.3 Å². The van der Waals surface area contributed by atoms with E-state index in [-0.39, 0.29) is 11.8 Å². The number of halogens is 1. The molecular weight excluding hydrogens is 348 g/mol. The van der Waals surface area contributed by atoms with Crippen LogP contribution in [0.2, 0.25) is 5.02 Å². The maximum absolute atomic E-state index is 12.6. The van der Waals surface area contributed by atoms with Crippen molar-refractivity contribution in [1.82, 2.24) is 4.90 Å². The van der Waals surface area contributed by atoms with Gasteiger partial charge in [0.2, 0.25) is 5.91 Å². The van der Waals surface area contributed by atoms with Crippen molar-refractivity contribution in [2.75, 3.05) is 25.0 Å². The summed E-state index contributed by atoms with van der Waals surface area (Å²) in [5.74, 6) is 0.893. The van der Waals surface area contributed by atoms with E-state index in [9.17, 15) is 4.79 Å². The lowest BCUT2D eigenvalue weighted by atomic mass is 9.96. The number of carbonyl (C=O) groups is 1. The van der Waals surface area contributed by atoms with E-state index in [0.717, 1.165) is 54.5 Å². The van der Waals surface area contributed by atoms with E-state index >= 15 is 0 Å². The molecule has 1 aliphatic rings. The number of piperidine rings is 1. The number of nitrogens with zero attached hydrogens (tertiary/aromatic N) is 1. The van der Waals surface area contributed by atoms with Crippen molar-refractivity contribution in [2.45, 2.75) is 26.3 Å². The Balaban J connectivity index is 1.56. The van der Waals surface area contributed by atoms with Crippen LogP contribution in [0.4, 0.5) is 5.69 Å². The Kier molecular flexibility index (Phi) is 6.53. The van der Waals surface area contributed by atoms with E-state index in [1.165, 1.54) is 0 Å². The van der Waals surface area contributed by atoms with Crippen LogP contribution >= 0.6 is 11.6 Å². The van der Waals surface area contributed by atoms with E-state index in [2.05, 4.69) is 10.2 Å². The zero-order valence-electron chi connectivity index (χ0n) is 15.1. The van der Waals surface area contributed by atoms with Crippen molar-refractivity contribution in [3.63, 3.8) is 0 Å². The molecule has 1 aliphatic heterocycles. The highest BCUT2D eigenvalue weighted by atomic mass is 35.5. The largest absolute Gasteiger partial charge is 0.494 e. The first-order valence-corrected chi connectivity index (χ1v) is 9.53. The number of hydrogen-bond acceptors (Lipinski definition) is 3. The van der Waals surface area contributed by atoms with Gasteiger partial charge in [0.25, 0.3) is 0 Å². The van der Waals surface area contributed by atoms with Crippen LogP contribution in [0, 0.1) is 5.92 Å². The van der Waals surface area contributed by atoms with E-state index in [1.54, 1.807) is 0 Å². The van der Waals surface area contributed by atoms with Crippen LogP contribution in [-0.2, 0) is 11.3 Å². The first-order valence-electron chi connectivity index (χ1n) is 9.15. The second-order valence-corrected chi connectivity index (χ2v) is 7.02. The number of nitrogens with one attached hydrogen (secondary N) is 1. The normalized spacial score (nSPS) is 17.7. The summed E-state index contributed by atoms with van der Waals surface area (Å²) in [6, 6.07) is 15.4. The fourth-order valence-electron chi connectivity index (χ4n) is 3.33. The summed E-state index contributed by atoms with van der Waals surface area (Å²) in [5, 5.41) is 3.82. The standard InChI is InChI=1S/C21H25ClN2O2/c1-2-26-19-11-9-18(10-12-19)23-21(25)17-7-5-13-24(15-17)14-16-6-3-4-8-20(16)22/h3-4,6,8-12,17H,2,5,7,13-15H2,1H3,(H,23,25). The number of benzene rings is 2. The molecule has 1 unspecified atom stereocenters. The number of ether oxygens (including phenoxy) is 1. The molecule has 1 N–H and O–H groups in total. The first kappa shape index (κ1) is 18.7. The van der Waals surface area contributed by atoms with Crippen LogP contribution in [0.5, 0.6) is 5.75 Å². The Morgan fingerprint density at radius 3 is 2.73 bits per heavy atom. The lowest BCUT2D eigenvalue weighted by Gasteiger charge is -2.32. The molecule has 1 amide bonds. The number of anilines is 1. The van der Waals surface area contributed by atoms with Crippen LogP contribution in [0.25, 0.3) is 0 Å². The van der Waals surface area contributed by atoms with Gasteiger partial charge in [0.15, 0.2) is 0 Å². The van der Waals surface area contributed by atoms with Crippen molar-refractivity contribution in [2.24, 2.45) is 5.92 Å². The molecule has 1 fully saturated rings. The molecule has 0 radical (unpaired) electrons. The Bertz CT molecular complexity index is 733. The summed E-state index contributed by atoms with van der Waals surface area (Å²) >= 11 is 6.27. The van der Waals surface area contributed by atoms with Crippen LogP contribution < -0.4 is 10.1 Å². The molecule has 0 aromatic heterocycles. The van der Waals surface area contributed by atoms with Crippen LogP contribution in [0.15, 0.2) is 48.5 Å². The van der Waals surface area contributed by atoms with Crippen molar-refractivity contribution in [3.8, 4) is 5.75 Å². The minimum Gasteiger partial charge on any atom is -0.494 e. The zero-order valence-corrected chi connectivity index (χ0v) is 15.8. The summed E-state index contributed by atoms with van der Waals surface area (Å²) in [4.78, 5) is 15.0. The fourth-order valence-corrected chi connectivity index (χ4v) is 3.52. The average Bonchev–Trinajstić information content (AvgIpc) is 2.66. The maximum atomic E-state index is 12.6. The lowest BCUT2D eigenvalue weighted by Crippen LogP contribution is -2.40. The molecule has 0 saturated carbocycles. The van der Waals surface area contributed by atoms with Gasteiger partial charge in [0.05, 0.1) is 12.5 Å². The highest BCUT2D eigenvalue weighted by Crippen LogP contribution is 2.23. The third-order valence-electron chi connectivity index (χ3n) is 4.66. The zero-order chi connectivity index (χ0) is 18.4. The topological polar surface area (TPSA) is 41.6 Å². The van der Waals surface area contributed by atoms with Gasteiger partial charge in [-0.15, -0.1) is 0 Å². The SMILES string of the molecule is CCOc1ccc(NC(=O)C2CCCN(Cc3ccccc3Cl)C2)cc1. The molecular formula is C21H25ClN2O2. The Morgan fingerprint density at radius 2 is 2.00 bits per heavy atom. The van der Waals surface area contributed by atoms with E-state index in [1.807, 2.05) is 55.5 Å². The minimum atomic E-state index is -0.00203. The third kappa shape index (κ3) is 4.99. The van der Waals surface area contributed by atoms with Crippen molar-refractivity contribution < 1.29 is 9.53 Å². The summed E-state index contributed by atoms with van der Waals surface area (Å²) in [7, 11) is 0. The van der Waals surface area contributed by atoms with Gasteiger partial charge in [-0.25, -0.2) is 0 Å². The molecule has 138 valence electrons. The summed E-state index contributed by atoms with van der Waals surface area (Å²) in [5.41, 5.74) is 1.92. The Hall–Kier alpha value is -2.04. The number of hydrogen-bond donors (Lipinski definition) is 1. The molecule has 0 aliphatic carbocycles. The van der Waals surface area contributed by atoms with Crippen LogP contribution in [0.1, 0.15) is 25.3 Å². The Labute approximate surface area is 160 Å². The number of amides is 1. The molecule has 1 atom stereocenters. The highest BCUT2D eigenvalue weighted by Gasteiger charge is 2.26.